The van der Waals surface area contributed by atoms with Crippen LogP contribution in [0.3, 0.4) is 0 Å². The molecule has 0 spiro atoms. The summed E-state index contributed by atoms with van der Waals surface area (Å²) in [5.74, 6) is 0. The SMILES string of the molecule is O[C@H]1CCN([C@H]2CCCC[C@@H]2OCCc2c(Cl)cccc2Cl)C1. The van der Waals surface area contributed by atoms with E-state index in [1.54, 1.807) is 0 Å². The van der Waals surface area contributed by atoms with Crippen LogP contribution in [-0.2, 0) is 11.2 Å². The van der Waals surface area contributed by atoms with Gasteiger partial charge in [-0.05, 0) is 43.4 Å². The summed E-state index contributed by atoms with van der Waals surface area (Å²) in [7, 11) is 0. The maximum Gasteiger partial charge on any atom is 0.0730 e. The van der Waals surface area contributed by atoms with E-state index in [4.69, 9.17) is 27.9 Å². The molecule has 3 atom stereocenters. The van der Waals surface area contributed by atoms with Crippen LogP contribution in [0.2, 0.25) is 10.0 Å². The minimum Gasteiger partial charge on any atom is -0.392 e. The first-order chi connectivity index (χ1) is 11.1. The number of aliphatic hydroxyl groups excluding tert-OH is 1. The Bertz CT molecular complexity index is 505. The van der Waals surface area contributed by atoms with Crippen molar-refractivity contribution in [2.24, 2.45) is 0 Å². The number of nitrogens with zero attached hydrogens (tertiary/aromatic N) is 1. The number of halogens is 2. The predicted molar refractivity (Wildman–Crippen MR) is 94.4 cm³/mol. The van der Waals surface area contributed by atoms with E-state index in [2.05, 4.69) is 4.90 Å². The predicted octanol–water partition coefficient (Wildman–Crippen LogP) is 3.93. The van der Waals surface area contributed by atoms with Gasteiger partial charge in [-0.2, -0.15) is 0 Å². The lowest BCUT2D eigenvalue weighted by Gasteiger charge is -2.37. The molecule has 1 aromatic rings. The highest BCUT2D eigenvalue weighted by Gasteiger charge is 2.34. The van der Waals surface area contributed by atoms with Crippen LogP contribution in [-0.4, -0.2) is 48.0 Å². The quantitative estimate of drug-likeness (QED) is 0.866. The van der Waals surface area contributed by atoms with Gasteiger partial charge in [0.25, 0.3) is 0 Å². The van der Waals surface area contributed by atoms with E-state index in [1.807, 2.05) is 18.2 Å². The van der Waals surface area contributed by atoms with Gasteiger partial charge in [-0.15, -0.1) is 0 Å². The molecular weight excluding hydrogens is 333 g/mol. The molecule has 1 aromatic carbocycles. The van der Waals surface area contributed by atoms with Gasteiger partial charge in [0.05, 0.1) is 18.8 Å². The number of hydrogen-bond donors (Lipinski definition) is 1. The minimum absolute atomic E-state index is 0.167. The number of rotatable bonds is 5. The van der Waals surface area contributed by atoms with Crippen LogP contribution in [0.25, 0.3) is 0 Å². The molecule has 1 aliphatic heterocycles. The summed E-state index contributed by atoms with van der Waals surface area (Å²) < 4.78 is 6.22. The van der Waals surface area contributed by atoms with Crippen molar-refractivity contribution in [3.05, 3.63) is 33.8 Å². The van der Waals surface area contributed by atoms with Crippen molar-refractivity contribution in [1.29, 1.82) is 0 Å². The number of likely N-dealkylation sites (tertiary alicyclic amines) is 1. The number of benzene rings is 1. The van der Waals surface area contributed by atoms with Crippen LogP contribution in [0.5, 0.6) is 0 Å². The van der Waals surface area contributed by atoms with Gasteiger partial charge in [0.2, 0.25) is 0 Å². The molecule has 1 saturated heterocycles. The van der Waals surface area contributed by atoms with E-state index in [1.165, 1.54) is 19.3 Å². The fraction of sp³-hybridized carbons (Fsp3) is 0.667. The summed E-state index contributed by atoms with van der Waals surface area (Å²) in [5.41, 5.74) is 0.972. The molecule has 5 heteroatoms. The molecule has 3 nitrogen and oxygen atoms in total. The Morgan fingerprint density at radius 3 is 2.57 bits per heavy atom. The molecule has 3 rings (SSSR count). The standard InChI is InChI=1S/C18H25Cl2NO2/c19-15-4-3-5-16(20)14(15)9-11-23-18-7-2-1-6-17(18)21-10-8-13(22)12-21/h3-5,13,17-18,22H,1-2,6-12H2/t13-,17-,18-/m0/s1. The van der Waals surface area contributed by atoms with Gasteiger partial charge in [0.15, 0.2) is 0 Å². The van der Waals surface area contributed by atoms with Crippen molar-refractivity contribution in [2.45, 2.75) is 56.8 Å². The molecule has 128 valence electrons. The third-order valence-corrected chi connectivity index (χ3v) is 5.79. The Hall–Kier alpha value is -0.320. The van der Waals surface area contributed by atoms with Gasteiger partial charge in [-0.3, -0.25) is 4.90 Å². The second kappa shape index (κ2) is 8.17. The molecule has 0 bridgehead atoms. The van der Waals surface area contributed by atoms with Gasteiger partial charge in [-0.1, -0.05) is 42.1 Å². The topological polar surface area (TPSA) is 32.7 Å². The van der Waals surface area contributed by atoms with Gasteiger partial charge >= 0.3 is 0 Å². The molecule has 2 fully saturated rings. The van der Waals surface area contributed by atoms with E-state index < -0.39 is 0 Å². The van der Waals surface area contributed by atoms with Crippen molar-refractivity contribution < 1.29 is 9.84 Å². The van der Waals surface area contributed by atoms with E-state index in [9.17, 15) is 5.11 Å². The lowest BCUT2D eigenvalue weighted by Crippen LogP contribution is -2.46. The molecule has 0 amide bonds. The third kappa shape index (κ3) is 4.40. The second-order valence-corrected chi connectivity index (χ2v) is 7.46. The van der Waals surface area contributed by atoms with E-state index >= 15 is 0 Å². The second-order valence-electron chi connectivity index (χ2n) is 6.65. The van der Waals surface area contributed by atoms with Gasteiger partial charge in [-0.25, -0.2) is 0 Å². The first kappa shape index (κ1) is 17.5. The summed E-state index contributed by atoms with van der Waals surface area (Å²) in [4.78, 5) is 2.41. The smallest absolute Gasteiger partial charge is 0.0730 e. The Morgan fingerprint density at radius 2 is 1.87 bits per heavy atom. The summed E-state index contributed by atoms with van der Waals surface area (Å²) in [6.07, 6.45) is 6.48. The Morgan fingerprint density at radius 1 is 1.13 bits per heavy atom. The van der Waals surface area contributed by atoms with E-state index in [0.29, 0.717) is 22.7 Å². The number of aliphatic hydroxyl groups is 1. The molecule has 0 unspecified atom stereocenters. The molecule has 1 saturated carbocycles. The third-order valence-electron chi connectivity index (χ3n) is 5.08. The average molecular weight is 358 g/mol. The van der Waals surface area contributed by atoms with Crippen molar-refractivity contribution in [1.82, 2.24) is 4.90 Å². The van der Waals surface area contributed by atoms with Gasteiger partial charge in [0, 0.05) is 29.2 Å². The Balaban J connectivity index is 1.55. The number of ether oxygens (including phenoxy) is 1. The number of β-amino-alcohol motifs (C(OH)–C–C–N with tert-alkyl or cyclic N) is 1. The van der Waals surface area contributed by atoms with Crippen molar-refractivity contribution in [2.75, 3.05) is 19.7 Å². The number of hydrogen-bond acceptors (Lipinski definition) is 3. The first-order valence-corrected chi connectivity index (χ1v) is 9.37. The van der Waals surface area contributed by atoms with Crippen LogP contribution < -0.4 is 0 Å². The largest absolute Gasteiger partial charge is 0.392 e. The van der Waals surface area contributed by atoms with Crippen molar-refractivity contribution >= 4 is 23.2 Å². The molecule has 23 heavy (non-hydrogen) atoms. The summed E-state index contributed by atoms with van der Waals surface area (Å²) in [6.45, 7) is 2.42. The van der Waals surface area contributed by atoms with Crippen molar-refractivity contribution in [3.8, 4) is 0 Å². The maximum atomic E-state index is 9.79. The van der Waals surface area contributed by atoms with E-state index in [0.717, 1.165) is 37.9 Å². The Kier molecular flexibility index (Phi) is 6.22. The molecule has 1 heterocycles. The maximum absolute atomic E-state index is 9.79. The average Bonchev–Trinajstić information content (AvgIpc) is 2.97. The van der Waals surface area contributed by atoms with Crippen LogP contribution in [0, 0.1) is 0 Å². The molecule has 0 aromatic heterocycles. The van der Waals surface area contributed by atoms with Gasteiger partial charge in [0.1, 0.15) is 0 Å². The summed E-state index contributed by atoms with van der Waals surface area (Å²) in [6, 6.07) is 6.06. The monoisotopic (exact) mass is 357 g/mol. The molecule has 2 aliphatic rings. The molecule has 1 aliphatic carbocycles. The highest BCUT2D eigenvalue weighted by atomic mass is 35.5. The summed E-state index contributed by atoms with van der Waals surface area (Å²) >= 11 is 12.4. The lowest BCUT2D eigenvalue weighted by atomic mass is 9.91. The van der Waals surface area contributed by atoms with Crippen LogP contribution in [0.1, 0.15) is 37.7 Å². The normalized spacial score (nSPS) is 29.1. The fourth-order valence-corrected chi connectivity index (χ4v) is 4.43. The Labute approximate surface area is 148 Å². The zero-order valence-corrected chi connectivity index (χ0v) is 14.9. The van der Waals surface area contributed by atoms with Crippen molar-refractivity contribution in [3.63, 3.8) is 0 Å². The minimum atomic E-state index is -0.167. The highest BCUT2D eigenvalue weighted by Crippen LogP contribution is 2.29. The first-order valence-electron chi connectivity index (χ1n) is 8.62. The van der Waals surface area contributed by atoms with Gasteiger partial charge < -0.3 is 9.84 Å². The molecular formula is C18H25Cl2NO2. The zero-order chi connectivity index (χ0) is 16.2. The van der Waals surface area contributed by atoms with Crippen LogP contribution >= 0.6 is 23.2 Å². The lowest BCUT2D eigenvalue weighted by molar-refractivity contribution is -0.0315. The van der Waals surface area contributed by atoms with Crippen LogP contribution in [0.4, 0.5) is 0 Å². The summed E-state index contributed by atoms with van der Waals surface area (Å²) in [5, 5.41) is 11.2. The highest BCUT2D eigenvalue weighted by molar-refractivity contribution is 6.35. The zero-order valence-electron chi connectivity index (χ0n) is 13.4. The van der Waals surface area contributed by atoms with E-state index in [-0.39, 0.29) is 12.2 Å². The fourth-order valence-electron chi connectivity index (χ4n) is 3.84. The molecule has 1 N–H and O–H groups in total. The van der Waals surface area contributed by atoms with Crippen LogP contribution in [0.15, 0.2) is 18.2 Å². The molecule has 0 radical (unpaired) electrons.